The van der Waals surface area contributed by atoms with Crippen molar-refractivity contribution in [2.75, 3.05) is 0 Å². The number of aliphatic hydroxyl groups is 1. The van der Waals surface area contributed by atoms with Gasteiger partial charge >= 0.3 is 0 Å². The van der Waals surface area contributed by atoms with Crippen molar-refractivity contribution in [1.82, 2.24) is 10.2 Å². The van der Waals surface area contributed by atoms with E-state index in [2.05, 4.69) is 5.32 Å². The standard InChI is InChI=1S/C24H20N2O3/c27-22-21(16-18-10-4-1-5-11-18)26(17-19-12-6-2-7-13-19)23(28)24(29,25-22)20-14-8-3-9-15-20/h1-16,29H,17H2,(H,25,27)/b21-16+. The summed E-state index contributed by atoms with van der Waals surface area (Å²) in [6.45, 7) is 0.168. The summed E-state index contributed by atoms with van der Waals surface area (Å²) in [5.74, 6) is -1.12. The summed E-state index contributed by atoms with van der Waals surface area (Å²) < 4.78 is 0. The average Bonchev–Trinajstić information content (AvgIpc) is 2.76. The normalized spacial score (nSPS) is 20.6. The largest absolute Gasteiger partial charge is 0.359 e. The van der Waals surface area contributed by atoms with Crippen LogP contribution in [0.25, 0.3) is 6.08 Å². The van der Waals surface area contributed by atoms with Crippen LogP contribution in [-0.4, -0.2) is 21.8 Å². The van der Waals surface area contributed by atoms with Gasteiger partial charge < -0.3 is 10.4 Å². The maximum atomic E-state index is 13.4. The van der Waals surface area contributed by atoms with Crippen molar-refractivity contribution in [1.29, 1.82) is 0 Å². The van der Waals surface area contributed by atoms with Crippen molar-refractivity contribution < 1.29 is 14.7 Å². The third kappa shape index (κ3) is 3.68. The zero-order chi connectivity index (χ0) is 20.3. The molecule has 3 aromatic carbocycles. The average molecular weight is 384 g/mol. The van der Waals surface area contributed by atoms with E-state index < -0.39 is 17.5 Å². The van der Waals surface area contributed by atoms with Crippen LogP contribution in [0.3, 0.4) is 0 Å². The Morgan fingerprint density at radius 2 is 1.38 bits per heavy atom. The van der Waals surface area contributed by atoms with Crippen molar-refractivity contribution in [2.45, 2.75) is 12.3 Å². The molecule has 1 heterocycles. The highest BCUT2D eigenvalue weighted by Crippen LogP contribution is 2.30. The Hall–Kier alpha value is -3.70. The monoisotopic (exact) mass is 384 g/mol. The summed E-state index contributed by atoms with van der Waals surface area (Å²) in [4.78, 5) is 27.8. The molecule has 1 atom stereocenters. The predicted octanol–water partition coefficient (Wildman–Crippen LogP) is 3.03. The highest BCUT2D eigenvalue weighted by Gasteiger charge is 2.49. The second kappa shape index (κ2) is 7.73. The smallest absolute Gasteiger partial charge is 0.285 e. The van der Waals surface area contributed by atoms with Crippen molar-refractivity contribution in [2.24, 2.45) is 0 Å². The summed E-state index contributed by atoms with van der Waals surface area (Å²) in [6, 6.07) is 27.1. The first-order chi connectivity index (χ1) is 14.1. The zero-order valence-electron chi connectivity index (χ0n) is 15.7. The lowest BCUT2D eigenvalue weighted by molar-refractivity contribution is -0.165. The number of carbonyl (C=O) groups excluding carboxylic acids is 2. The third-order valence-corrected chi connectivity index (χ3v) is 4.85. The molecule has 0 aromatic heterocycles. The van der Waals surface area contributed by atoms with Crippen LogP contribution in [0, 0.1) is 0 Å². The topological polar surface area (TPSA) is 69.6 Å². The van der Waals surface area contributed by atoms with Crippen LogP contribution in [0.4, 0.5) is 0 Å². The highest BCUT2D eigenvalue weighted by atomic mass is 16.3. The second-order valence-corrected chi connectivity index (χ2v) is 6.85. The van der Waals surface area contributed by atoms with Crippen LogP contribution >= 0.6 is 0 Å². The molecule has 2 N–H and O–H groups in total. The van der Waals surface area contributed by atoms with Crippen LogP contribution in [0.5, 0.6) is 0 Å². The lowest BCUT2D eigenvalue weighted by atomic mass is 9.96. The van der Waals surface area contributed by atoms with E-state index in [1.165, 1.54) is 4.90 Å². The van der Waals surface area contributed by atoms with Gasteiger partial charge in [0.15, 0.2) is 0 Å². The Morgan fingerprint density at radius 3 is 2.00 bits per heavy atom. The van der Waals surface area contributed by atoms with E-state index in [-0.39, 0.29) is 12.2 Å². The molecule has 3 aromatic rings. The number of nitrogens with one attached hydrogen (secondary N) is 1. The number of piperazine rings is 1. The zero-order valence-corrected chi connectivity index (χ0v) is 15.7. The Kier molecular flexibility index (Phi) is 4.97. The fraction of sp³-hybridized carbons (Fsp3) is 0.0833. The van der Waals surface area contributed by atoms with Gasteiger partial charge in [0.2, 0.25) is 5.72 Å². The van der Waals surface area contributed by atoms with Crippen LogP contribution in [0.2, 0.25) is 0 Å². The Bertz CT molecular complexity index is 1050. The molecule has 0 saturated carbocycles. The van der Waals surface area contributed by atoms with E-state index >= 15 is 0 Å². The number of hydrogen-bond acceptors (Lipinski definition) is 3. The lowest BCUT2D eigenvalue weighted by Crippen LogP contribution is -2.63. The first-order valence-electron chi connectivity index (χ1n) is 9.31. The molecule has 1 unspecified atom stereocenters. The van der Waals surface area contributed by atoms with Crippen LogP contribution < -0.4 is 5.32 Å². The van der Waals surface area contributed by atoms with Gasteiger partial charge in [0, 0.05) is 5.56 Å². The molecule has 0 spiro atoms. The van der Waals surface area contributed by atoms with Crippen molar-refractivity contribution in [3.8, 4) is 0 Å². The summed E-state index contributed by atoms with van der Waals surface area (Å²) >= 11 is 0. The van der Waals surface area contributed by atoms with Gasteiger partial charge in [-0.25, -0.2) is 0 Å². The van der Waals surface area contributed by atoms with Gasteiger partial charge in [0.05, 0.1) is 6.54 Å². The van der Waals surface area contributed by atoms with Crippen molar-refractivity contribution >= 4 is 17.9 Å². The molecule has 0 bridgehead atoms. The maximum Gasteiger partial charge on any atom is 0.285 e. The summed E-state index contributed by atoms with van der Waals surface area (Å²) in [7, 11) is 0. The molecule has 2 amide bonds. The van der Waals surface area contributed by atoms with E-state index in [9.17, 15) is 14.7 Å². The number of rotatable bonds is 4. The molecule has 1 aliphatic rings. The second-order valence-electron chi connectivity index (χ2n) is 6.85. The predicted molar refractivity (Wildman–Crippen MR) is 110 cm³/mol. The minimum Gasteiger partial charge on any atom is -0.359 e. The summed E-state index contributed by atoms with van der Waals surface area (Å²) in [5, 5.41) is 13.7. The van der Waals surface area contributed by atoms with Gasteiger partial charge in [-0.1, -0.05) is 91.0 Å². The SMILES string of the molecule is O=C1NC(O)(c2ccccc2)C(=O)N(Cc2ccccc2)/C1=C/c1ccccc1. The van der Waals surface area contributed by atoms with Crippen LogP contribution in [0.15, 0.2) is 96.7 Å². The number of amides is 2. The molecule has 5 heteroatoms. The molecule has 1 saturated heterocycles. The van der Waals surface area contributed by atoms with Crippen LogP contribution in [-0.2, 0) is 21.9 Å². The maximum absolute atomic E-state index is 13.4. The fourth-order valence-corrected chi connectivity index (χ4v) is 3.36. The van der Waals surface area contributed by atoms with Gasteiger partial charge in [-0.2, -0.15) is 0 Å². The van der Waals surface area contributed by atoms with Gasteiger partial charge in [-0.05, 0) is 17.2 Å². The fourth-order valence-electron chi connectivity index (χ4n) is 3.36. The minimum absolute atomic E-state index is 0.168. The van der Waals surface area contributed by atoms with Crippen molar-refractivity contribution in [3.05, 3.63) is 113 Å². The Balaban J connectivity index is 1.79. The highest BCUT2D eigenvalue weighted by molar-refractivity contribution is 6.08. The van der Waals surface area contributed by atoms with Crippen LogP contribution in [0.1, 0.15) is 16.7 Å². The quantitative estimate of drug-likeness (QED) is 0.680. The third-order valence-electron chi connectivity index (χ3n) is 4.85. The lowest BCUT2D eigenvalue weighted by Gasteiger charge is -2.40. The molecule has 144 valence electrons. The molecule has 0 aliphatic carbocycles. The molecular formula is C24H20N2O3. The van der Waals surface area contributed by atoms with E-state index in [0.717, 1.165) is 11.1 Å². The molecule has 0 radical (unpaired) electrons. The van der Waals surface area contributed by atoms with E-state index in [1.54, 1.807) is 36.4 Å². The first kappa shape index (κ1) is 18.7. The molecule has 29 heavy (non-hydrogen) atoms. The Labute approximate surface area is 168 Å². The summed E-state index contributed by atoms with van der Waals surface area (Å²) in [5.41, 5.74) is 0.0145. The summed E-state index contributed by atoms with van der Waals surface area (Å²) in [6.07, 6.45) is 1.65. The number of carbonyl (C=O) groups is 2. The van der Waals surface area contributed by atoms with E-state index in [4.69, 9.17) is 0 Å². The molecule has 4 rings (SSSR count). The van der Waals surface area contributed by atoms with E-state index in [1.807, 2.05) is 60.7 Å². The molecular weight excluding hydrogens is 364 g/mol. The molecule has 1 fully saturated rings. The van der Waals surface area contributed by atoms with Gasteiger partial charge in [0.1, 0.15) is 5.70 Å². The minimum atomic E-state index is -2.12. The number of hydrogen-bond donors (Lipinski definition) is 2. The van der Waals surface area contributed by atoms with Gasteiger partial charge in [-0.3, -0.25) is 14.5 Å². The first-order valence-corrected chi connectivity index (χ1v) is 9.31. The van der Waals surface area contributed by atoms with Crippen molar-refractivity contribution in [3.63, 3.8) is 0 Å². The number of nitrogens with zero attached hydrogens (tertiary/aromatic N) is 1. The Morgan fingerprint density at radius 1 is 0.828 bits per heavy atom. The molecule has 1 aliphatic heterocycles. The van der Waals surface area contributed by atoms with Gasteiger partial charge in [-0.15, -0.1) is 0 Å². The number of benzene rings is 3. The molecule has 5 nitrogen and oxygen atoms in total. The van der Waals surface area contributed by atoms with E-state index in [0.29, 0.717) is 5.56 Å². The van der Waals surface area contributed by atoms with Gasteiger partial charge in [0.25, 0.3) is 11.8 Å².